The second kappa shape index (κ2) is 6.00. The van der Waals surface area contributed by atoms with Crippen LogP contribution in [0.2, 0.25) is 0 Å². The quantitative estimate of drug-likeness (QED) is 0.829. The highest BCUT2D eigenvalue weighted by atomic mass is 15.6. The van der Waals surface area contributed by atoms with Crippen molar-refractivity contribution in [2.75, 3.05) is 25.0 Å². The van der Waals surface area contributed by atoms with Gasteiger partial charge in [0.2, 0.25) is 5.95 Å². The number of rotatable bonds is 7. The highest BCUT2D eigenvalue weighted by molar-refractivity contribution is 5.38. The molecule has 106 valence electrons. The minimum atomic E-state index is 0.697. The summed E-state index contributed by atoms with van der Waals surface area (Å²) >= 11 is 0. The molecule has 0 amide bonds. The van der Waals surface area contributed by atoms with Crippen molar-refractivity contribution in [1.29, 1.82) is 0 Å². The Bertz CT molecular complexity index is 534. The maximum absolute atomic E-state index is 4.05. The molecule has 1 aliphatic rings. The van der Waals surface area contributed by atoms with Crippen molar-refractivity contribution in [1.82, 2.24) is 25.1 Å². The monoisotopic (exact) mass is 272 g/mol. The lowest BCUT2D eigenvalue weighted by Gasteiger charge is -2.19. The number of nitrogens with one attached hydrogen (secondary N) is 1. The molecule has 1 saturated carbocycles. The average Bonchev–Trinajstić information content (AvgIpc) is 3.23. The molecule has 1 aliphatic carbocycles. The number of benzene rings is 1. The van der Waals surface area contributed by atoms with E-state index in [-0.39, 0.29) is 0 Å². The zero-order valence-corrected chi connectivity index (χ0v) is 11.7. The number of hydrogen-bond donors (Lipinski definition) is 1. The Morgan fingerprint density at radius 3 is 2.80 bits per heavy atom. The molecule has 0 bridgehead atoms. The van der Waals surface area contributed by atoms with E-state index in [9.17, 15) is 0 Å². The third-order valence-electron chi connectivity index (χ3n) is 3.62. The van der Waals surface area contributed by atoms with Crippen molar-refractivity contribution >= 4 is 5.95 Å². The van der Waals surface area contributed by atoms with Crippen LogP contribution in [0.1, 0.15) is 19.8 Å². The van der Waals surface area contributed by atoms with E-state index in [0.29, 0.717) is 5.95 Å². The second-order valence-electron chi connectivity index (χ2n) is 5.04. The van der Waals surface area contributed by atoms with Crippen molar-refractivity contribution in [2.24, 2.45) is 0 Å². The predicted molar refractivity (Wildman–Crippen MR) is 77.9 cm³/mol. The third-order valence-corrected chi connectivity index (χ3v) is 3.62. The molecule has 6 nitrogen and oxygen atoms in total. The van der Waals surface area contributed by atoms with E-state index in [2.05, 4.69) is 32.7 Å². The number of hydrogen-bond acceptors (Lipinski definition) is 5. The van der Waals surface area contributed by atoms with Gasteiger partial charge in [0.25, 0.3) is 0 Å². The zero-order valence-electron chi connectivity index (χ0n) is 11.7. The summed E-state index contributed by atoms with van der Waals surface area (Å²) in [6, 6.07) is 10.7. The molecule has 1 aromatic heterocycles. The Morgan fingerprint density at radius 2 is 2.10 bits per heavy atom. The van der Waals surface area contributed by atoms with E-state index in [1.54, 1.807) is 4.68 Å². The van der Waals surface area contributed by atoms with Crippen LogP contribution < -0.4 is 5.32 Å². The van der Waals surface area contributed by atoms with Crippen molar-refractivity contribution in [3.63, 3.8) is 0 Å². The molecule has 0 aliphatic heterocycles. The topological polar surface area (TPSA) is 58.9 Å². The number of tetrazole rings is 1. The number of para-hydroxylation sites is 1. The summed E-state index contributed by atoms with van der Waals surface area (Å²) in [7, 11) is 0. The summed E-state index contributed by atoms with van der Waals surface area (Å²) < 4.78 is 1.73. The minimum Gasteiger partial charge on any atom is -0.351 e. The first-order valence-corrected chi connectivity index (χ1v) is 7.20. The van der Waals surface area contributed by atoms with Gasteiger partial charge in [-0.05, 0) is 41.9 Å². The smallest absolute Gasteiger partial charge is 0.247 e. The molecule has 20 heavy (non-hydrogen) atoms. The lowest BCUT2D eigenvalue weighted by Crippen LogP contribution is -2.31. The molecule has 0 spiro atoms. The van der Waals surface area contributed by atoms with Gasteiger partial charge < -0.3 is 5.32 Å². The van der Waals surface area contributed by atoms with E-state index in [1.807, 2.05) is 30.3 Å². The summed E-state index contributed by atoms with van der Waals surface area (Å²) in [5, 5.41) is 15.2. The van der Waals surface area contributed by atoms with E-state index < -0.39 is 0 Å². The summed E-state index contributed by atoms with van der Waals surface area (Å²) in [5.41, 5.74) is 0.967. The molecule has 1 N–H and O–H groups in total. The fourth-order valence-electron chi connectivity index (χ4n) is 2.39. The fraction of sp³-hybridized carbons (Fsp3) is 0.500. The van der Waals surface area contributed by atoms with E-state index >= 15 is 0 Å². The molecule has 3 rings (SSSR count). The first-order valence-electron chi connectivity index (χ1n) is 7.20. The molecule has 0 atom stereocenters. The van der Waals surface area contributed by atoms with Crippen LogP contribution in [0, 0.1) is 0 Å². The Hall–Kier alpha value is -1.95. The van der Waals surface area contributed by atoms with Gasteiger partial charge >= 0.3 is 0 Å². The van der Waals surface area contributed by atoms with Gasteiger partial charge in [-0.25, -0.2) is 0 Å². The van der Waals surface area contributed by atoms with Crippen molar-refractivity contribution in [3.05, 3.63) is 30.3 Å². The van der Waals surface area contributed by atoms with Crippen LogP contribution >= 0.6 is 0 Å². The molecule has 0 saturated heterocycles. The number of aromatic nitrogens is 4. The van der Waals surface area contributed by atoms with Crippen LogP contribution in [-0.4, -0.2) is 50.8 Å². The largest absolute Gasteiger partial charge is 0.351 e. The third kappa shape index (κ3) is 2.96. The Balaban J connectivity index is 1.59. The first-order chi connectivity index (χ1) is 9.88. The summed E-state index contributed by atoms with van der Waals surface area (Å²) in [5.74, 6) is 0.697. The van der Waals surface area contributed by atoms with Crippen LogP contribution in [0.4, 0.5) is 5.95 Å². The number of anilines is 1. The molecule has 1 heterocycles. The first kappa shape index (κ1) is 13.1. The van der Waals surface area contributed by atoms with E-state index in [0.717, 1.165) is 31.4 Å². The Labute approximate surface area is 118 Å². The van der Waals surface area contributed by atoms with Crippen molar-refractivity contribution in [3.8, 4) is 5.69 Å². The van der Waals surface area contributed by atoms with E-state index in [4.69, 9.17) is 0 Å². The van der Waals surface area contributed by atoms with Gasteiger partial charge in [-0.1, -0.05) is 30.2 Å². The van der Waals surface area contributed by atoms with Gasteiger partial charge in [0.1, 0.15) is 0 Å². The normalized spacial score (nSPS) is 14.7. The predicted octanol–water partition coefficient (Wildman–Crippen LogP) is 1.56. The number of likely N-dealkylation sites (N-methyl/N-ethyl adjacent to an activating group) is 1. The van der Waals surface area contributed by atoms with Crippen LogP contribution in [0.5, 0.6) is 0 Å². The molecule has 1 aromatic carbocycles. The molecule has 2 aromatic rings. The summed E-state index contributed by atoms with van der Waals surface area (Å²) in [6.07, 6.45) is 2.69. The Kier molecular flexibility index (Phi) is 3.92. The lowest BCUT2D eigenvalue weighted by molar-refractivity contribution is 0.288. The van der Waals surface area contributed by atoms with Crippen molar-refractivity contribution in [2.45, 2.75) is 25.8 Å². The SMILES string of the molecule is CCN(CCNc1nnnn1-c1ccccc1)C1CC1. The standard InChI is InChI=1S/C14H20N6/c1-2-19(12-8-9-12)11-10-15-14-16-17-18-20(14)13-6-4-3-5-7-13/h3-7,12H,2,8-11H2,1H3,(H,15,16,18). The van der Waals surface area contributed by atoms with Crippen LogP contribution in [0.15, 0.2) is 30.3 Å². The van der Waals surface area contributed by atoms with Crippen LogP contribution in [-0.2, 0) is 0 Å². The van der Waals surface area contributed by atoms with Gasteiger partial charge in [-0.2, -0.15) is 4.68 Å². The highest BCUT2D eigenvalue weighted by Crippen LogP contribution is 2.25. The van der Waals surface area contributed by atoms with Gasteiger partial charge in [0.15, 0.2) is 0 Å². The fourth-order valence-corrected chi connectivity index (χ4v) is 2.39. The lowest BCUT2D eigenvalue weighted by atomic mass is 10.3. The van der Waals surface area contributed by atoms with E-state index in [1.165, 1.54) is 12.8 Å². The summed E-state index contributed by atoms with van der Waals surface area (Å²) in [4.78, 5) is 2.50. The zero-order chi connectivity index (χ0) is 13.8. The van der Waals surface area contributed by atoms with Gasteiger partial charge in [0, 0.05) is 19.1 Å². The molecule has 0 radical (unpaired) electrons. The average molecular weight is 272 g/mol. The molecular weight excluding hydrogens is 252 g/mol. The summed E-state index contributed by atoms with van der Waals surface area (Å²) in [6.45, 7) is 5.21. The molecule has 0 unspecified atom stereocenters. The molecular formula is C14H20N6. The molecule has 1 fully saturated rings. The Morgan fingerprint density at radius 1 is 1.30 bits per heavy atom. The molecule has 6 heteroatoms. The maximum Gasteiger partial charge on any atom is 0.247 e. The minimum absolute atomic E-state index is 0.697. The van der Waals surface area contributed by atoms with Gasteiger partial charge in [-0.15, -0.1) is 0 Å². The van der Waals surface area contributed by atoms with Gasteiger partial charge in [0.05, 0.1) is 5.69 Å². The van der Waals surface area contributed by atoms with Crippen molar-refractivity contribution < 1.29 is 0 Å². The second-order valence-corrected chi connectivity index (χ2v) is 5.04. The van der Waals surface area contributed by atoms with Crippen LogP contribution in [0.25, 0.3) is 5.69 Å². The van der Waals surface area contributed by atoms with Crippen LogP contribution in [0.3, 0.4) is 0 Å². The number of nitrogens with zero attached hydrogens (tertiary/aromatic N) is 5. The van der Waals surface area contributed by atoms with Gasteiger partial charge in [-0.3, -0.25) is 4.90 Å². The highest BCUT2D eigenvalue weighted by Gasteiger charge is 2.27. The maximum atomic E-state index is 4.05.